The number of rotatable bonds is 4. The van der Waals surface area contributed by atoms with Crippen LogP contribution in [0.5, 0.6) is 0 Å². The van der Waals surface area contributed by atoms with Gasteiger partial charge < -0.3 is 19.7 Å². The monoisotopic (exact) mass is 336 g/mol. The molecule has 1 saturated heterocycles. The van der Waals surface area contributed by atoms with Crippen LogP contribution in [-0.4, -0.2) is 50.8 Å². The van der Waals surface area contributed by atoms with Crippen molar-refractivity contribution >= 4 is 18.1 Å². The number of carbonyl (C=O) groups excluding carboxylic acids is 2. The Kier molecular flexibility index (Phi) is 8.26. The lowest BCUT2D eigenvalue weighted by molar-refractivity contribution is -0.138. The molecule has 0 aliphatic carbocycles. The lowest BCUT2D eigenvalue weighted by Crippen LogP contribution is -2.43. The summed E-state index contributed by atoms with van der Waals surface area (Å²) in [7, 11) is 0. The zero-order chi connectivity index (χ0) is 18.0. The average Bonchev–Trinajstić information content (AvgIpc) is 2.55. The van der Waals surface area contributed by atoms with E-state index in [0.717, 1.165) is 26.2 Å². The molecular formula is C18H28N2O4. The van der Waals surface area contributed by atoms with Crippen LogP contribution in [0.3, 0.4) is 0 Å². The Bertz CT molecular complexity index is 503. The molecular weight excluding hydrogens is 308 g/mol. The van der Waals surface area contributed by atoms with Gasteiger partial charge in [-0.25, -0.2) is 4.79 Å². The van der Waals surface area contributed by atoms with Gasteiger partial charge in [-0.05, 0) is 52.0 Å². The molecule has 0 radical (unpaired) electrons. The maximum atomic E-state index is 11.5. The van der Waals surface area contributed by atoms with Crippen LogP contribution in [0.15, 0.2) is 24.3 Å². The summed E-state index contributed by atoms with van der Waals surface area (Å²) in [4.78, 5) is 23.4. The van der Waals surface area contributed by atoms with E-state index in [1.54, 1.807) is 0 Å². The van der Waals surface area contributed by atoms with E-state index >= 15 is 0 Å². The molecule has 134 valence electrons. The Balaban J connectivity index is 0.000000351. The van der Waals surface area contributed by atoms with Gasteiger partial charge in [0.25, 0.3) is 6.47 Å². The number of anilines is 1. The van der Waals surface area contributed by atoms with Crippen molar-refractivity contribution in [3.8, 4) is 0 Å². The number of nitrogens with zero attached hydrogens (tertiary/aromatic N) is 1. The van der Waals surface area contributed by atoms with Crippen LogP contribution >= 0.6 is 0 Å². The summed E-state index contributed by atoms with van der Waals surface area (Å²) in [6.07, 6.45) is 0. The standard InChI is InChI=1S/C13H18N2O2.C5H10O2/c1-2-17-13(16)11-3-5-12(6-4-11)15-9-7-14-8-10-15;1-5(2,3)7-4-6/h3-6,14H,2,7-10H2,1H3;4H,1-3H3. The summed E-state index contributed by atoms with van der Waals surface area (Å²) in [5.74, 6) is -0.251. The molecule has 0 spiro atoms. The molecule has 1 aliphatic heterocycles. The second kappa shape index (κ2) is 9.93. The van der Waals surface area contributed by atoms with Crippen molar-refractivity contribution in [1.82, 2.24) is 5.32 Å². The van der Waals surface area contributed by atoms with Gasteiger partial charge in [0.2, 0.25) is 0 Å². The quantitative estimate of drug-likeness (QED) is 0.672. The second-order valence-electron chi connectivity index (χ2n) is 6.33. The Morgan fingerprint density at radius 1 is 1.21 bits per heavy atom. The van der Waals surface area contributed by atoms with Crippen LogP contribution in [0.2, 0.25) is 0 Å². The van der Waals surface area contributed by atoms with E-state index in [1.807, 2.05) is 52.0 Å². The van der Waals surface area contributed by atoms with Crippen LogP contribution in [0.25, 0.3) is 0 Å². The van der Waals surface area contributed by atoms with Crippen molar-refractivity contribution in [1.29, 1.82) is 0 Å². The van der Waals surface area contributed by atoms with E-state index in [1.165, 1.54) is 5.69 Å². The molecule has 0 atom stereocenters. The molecule has 2 rings (SSSR count). The number of piperazine rings is 1. The van der Waals surface area contributed by atoms with Crippen LogP contribution in [0, 0.1) is 0 Å². The van der Waals surface area contributed by atoms with Crippen LogP contribution in [-0.2, 0) is 14.3 Å². The Hall–Kier alpha value is -2.08. The lowest BCUT2D eigenvalue weighted by Gasteiger charge is -2.29. The van der Waals surface area contributed by atoms with Gasteiger partial charge in [-0.1, -0.05) is 0 Å². The number of nitrogens with one attached hydrogen (secondary N) is 1. The first-order valence-corrected chi connectivity index (χ1v) is 8.21. The zero-order valence-corrected chi connectivity index (χ0v) is 15.0. The van der Waals surface area contributed by atoms with E-state index in [0.29, 0.717) is 18.6 Å². The summed E-state index contributed by atoms with van der Waals surface area (Å²) in [6.45, 7) is 12.2. The van der Waals surface area contributed by atoms with Gasteiger partial charge in [-0.15, -0.1) is 0 Å². The molecule has 6 heteroatoms. The molecule has 1 N–H and O–H groups in total. The fourth-order valence-electron chi connectivity index (χ4n) is 2.09. The fraction of sp³-hybridized carbons (Fsp3) is 0.556. The normalized spacial score (nSPS) is 14.2. The average molecular weight is 336 g/mol. The summed E-state index contributed by atoms with van der Waals surface area (Å²) in [5.41, 5.74) is 1.46. The zero-order valence-electron chi connectivity index (χ0n) is 15.0. The number of esters is 1. The molecule has 1 aliphatic rings. The highest BCUT2D eigenvalue weighted by Crippen LogP contribution is 2.16. The van der Waals surface area contributed by atoms with Gasteiger partial charge in [-0.2, -0.15) is 0 Å². The number of benzene rings is 1. The maximum Gasteiger partial charge on any atom is 0.338 e. The van der Waals surface area contributed by atoms with Crippen molar-refractivity contribution in [3.63, 3.8) is 0 Å². The van der Waals surface area contributed by atoms with Gasteiger partial charge >= 0.3 is 5.97 Å². The SMILES string of the molecule is CC(C)(C)OC=O.CCOC(=O)c1ccc(N2CCNCC2)cc1. The highest BCUT2D eigenvalue weighted by molar-refractivity contribution is 5.89. The molecule has 6 nitrogen and oxygen atoms in total. The third kappa shape index (κ3) is 7.46. The van der Waals surface area contributed by atoms with Crippen molar-refractivity contribution in [2.75, 3.05) is 37.7 Å². The van der Waals surface area contributed by atoms with Crippen molar-refractivity contribution < 1.29 is 19.1 Å². The summed E-state index contributed by atoms with van der Waals surface area (Å²) in [5, 5.41) is 3.32. The van der Waals surface area contributed by atoms with Crippen LogP contribution in [0.1, 0.15) is 38.1 Å². The maximum absolute atomic E-state index is 11.5. The minimum Gasteiger partial charge on any atom is -0.462 e. The first kappa shape index (κ1) is 20.0. The molecule has 1 heterocycles. The molecule has 24 heavy (non-hydrogen) atoms. The topological polar surface area (TPSA) is 67.9 Å². The Labute approximate surface area is 144 Å². The van der Waals surface area contributed by atoms with Crippen molar-refractivity contribution in [2.45, 2.75) is 33.3 Å². The fourth-order valence-corrected chi connectivity index (χ4v) is 2.09. The van der Waals surface area contributed by atoms with Crippen LogP contribution in [0.4, 0.5) is 5.69 Å². The van der Waals surface area contributed by atoms with Gasteiger partial charge in [0, 0.05) is 31.9 Å². The summed E-state index contributed by atoms with van der Waals surface area (Å²) >= 11 is 0. The predicted octanol–water partition coefficient (Wildman–Crippen LogP) is 2.23. The largest absolute Gasteiger partial charge is 0.462 e. The molecule has 0 saturated carbocycles. The molecule has 0 unspecified atom stereocenters. The highest BCUT2D eigenvalue weighted by atomic mass is 16.5. The Morgan fingerprint density at radius 2 is 1.79 bits per heavy atom. The van der Waals surface area contributed by atoms with Gasteiger partial charge in [0.15, 0.2) is 0 Å². The minimum absolute atomic E-state index is 0.251. The third-order valence-corrected chi connectivity index (χ3v) is 3.26. The Morgan fingerprint density at radius 3 is 2.21 bits per heavy atom. The van der Waals surface area contributed by atoms with Gasteiger partial charge in [0.1, 0.15) is 5.60 Å². The van der Waals surface area contributed by atoms with Crippen LogP contribution < -0.4 is 10.2 Å². The minimum atomic E-state index is -0.318. The molecule has 1 aromatic carbocycles. The van der Waals surface area contributed by atoms with Crippen molar-refractivity contribution in [3.05, 3.63) is 29.8 Å². The van der Waals surface area contributed by atoms with E-state index < -0.39 is 0 Å². The number of hydrogen-bond acceptors (Lipinski definition) is 6. The first-order valence-electron chi connectivity index (χ1n) is 8.21. The van der Waals surface area contributed by atoms with E-state index in [2.05, 4.69) is 15.0 Å². The highest BCUT2D eigenvalue weighted by Gasteiger charge is 2.11. The summed E-state index contributed by atoms with van der Waals surface area (Å²) in [6, 6.07) is 7.62. The molecule has 1 aromatic rings. The van der Waals surface area contributed by atoms with E-state index in [9.17, 15) is 9.59 Å². The number of ether oxygens (including phenoxy) is 2. The molecule has 0 amide bonds. The number of hydrogen-bond donors (Lipinski definition) is 1. The lowest BCUT2D eigenvalue weighted by atomic mass is 10.2. The summed E-state index contributed by atoms with van der Waals surface area (Å²) < 4.78 is 9.50. The third-order valence-electron chi connectivity index (χ3n) is 3.26. The molecule has 0 aromatic heterocycles. The molecule has 1 fully saturated rings. The number of carbonyl (C=O) groups is 2. The molecule has 0 bridgehead atoms. The first-order chi connectivity index (χ1) is 11.4. The van der Waals surface area contributed by atoms with Crippen molar-refractivity contribution in [2.24, 2.45) is 0 Å². The second-order valence-corrected chi connectivity index (χ2v) is 6.33. The smallest absolute Gasteiger partial charge is 0.338 e. The van der Waals surface area contributed by atoms with Gasteiger partial charge in [-0.3, -0.25) is 4.79 Å². The van der Waals surface area contributed by atoms with E-state index in [-0.39, 0.29) is 11.6 Å². The predicted molar refractivity (Wildman–Crippen MR) is 94.4 cm³/mol. The van der Waals surface area contributed by atoms with Gasteiger partial charge in [0.05, 0.1) is 12.2 Å². The van der Waals surface area contributed by atoms with E-state index in [4.69, 9.17) is 4.74 Å².